The maximum Gasteiger partial charge on any atom is 0.220 e. The van der Waals surface area contributed by atoms with Crippen LogP contribution in [0.5, 0.6) is 0 Å². The minimum absolute atomic E-state index is 0.198. The Bertz CT molecular complexity index is 1820. The zero-order chi connectivity index (χ0) is 63.3. The lowest BCUT2D eigenvalue weighted by atomic mass is 9.96. The fraction of sp³-hybridized carbons (Fsp3) is 0.838. The zero-order valence-electron chi connectivity index (χ0n) is 53.2. The smallest absolute Gasteiger partial charge is 0.220 e. The van der Waals surface area contributed by atoms with E-state index in [2.05, 4.69) is 67.8 Å². The second kappa shape index (κ2) is 50.1. The van der Waals surface area contributed by atoms with Gasteiger partial charge in [0.25, 0.3) is 0 Å². The molecule has 506 valence electrons. The van der Waals surface area contributed by atoms with Crippen LogP contribution in [0, 0.1) is 0 Å². The van der Waals surface area contributed by atoms with E-state index in [0.29, 0.717) is 12.8 Å². The SMILES string of the molecule is CC/C=C\C/C=C\C/C=C\CCCCCC(=O)NC(COC1OC(CO)C(OC2OC(CO)C(OC3OC(CO)C(O)C(O)C3O)C(O)C2O)C(O)C1O)C(O)/C=C/CC/C=C/CCCCCCCCCCCCCCCCCCCCCCCCC. The molecule has 0 radical (unpaired) electrons. The summed E-state index contributed by atoms with van der Waals surface area (Å²) in [4.78, 5) is 13.3. The summed E-state index contributed by atoms with van der Waals surface area (Å²) in [6, 6.07) is -1.01. The summed E-state index contributed by atoms with van der Waals surface area (Å²) in [5, 5.41) is 120. The largest absolute Gasteiger partial charge is 0.394 e. The van der Waals surface area contributed by atoms with E-state index in [4.69, 9.17) is 28.4 Å². The molecule has 19 nitrogen and oxygen atoms in total. The van der Waals surface area contributed by atoms with E-state index in [1.165, 1.54) is 141 Å². The predicted molar refractivity (Wildman–Crippen MR) is 337 cm³/mol. The molecule has 0 aromatic carbocycles. The van der Waals surface area contributed by atoms with Gasteiger partial charge in [0.1, 0.15) is 73.2 Å². The quantitative estimate of drug-likeness (QED) is 0.0201. The third-order valence-electron chi connectivity index (χ3n) is 16.8. The molecule has 19 heteroatoms. The van der Waals surface area contributed by atoms with Crippen LogP contribution in [0.25, 0.3) is 0 Å². The Labute approximate surface area is 522 Å². The number of amides is 1. The Morgan fingerprint density at radius 3 is 1.29 bits per heavy atom. The minimum atomic E-state index is -1.99. The van der Waals surface area contributed by atoms with E-state index >= 15 is 0 Å². The monoisotopic (exact) mass is 1240 g/mol. The molecule has 1 amide bonds. The van der Waals surface area contributed by atoms with Crippen molar-refractivity contribution in [2.24, 2.45) is 0 Å². The van der Waals surface area contributed by atoms with Crippen LogP contribution in [0.3, 0.4) is 0 Å². The highest BCUT2D eigenvalue weighted by Crippen LogP contribution is 2.33. The van der Waals surface area contributed by atoms with Gasteiger partial charge in [0.15, 0.2) is 18.9 Å². The molecule has 0 aromatic heterocycles. The molecular formula is C68H121NO18. The maximum atomic E-state index is 13.3. The number of ether oxygens (including phenoxy) is 6. The Morgan fingerprint density at radius 1 is 0.425 bits per heavy atom. The van der Waals surface area contributed by atoms with Gasteiger partial charge in [-0.05, 0) is 64.2 Å². The molecule has 0 aromatic rings. The standard InChI is InChI=1S/C68H121NO18/c1-3-5-7-9-11-13-15-17-18-19-20-21-22-23-24-25-26-27-28-29-30-31-32-34-35-37-39-41-43-45-52(73)51(69-56(74)46-44-42-40-38-36-33-16-14-12-10-8-6-4-2)50-82-66-62(80)59(77)64(54(48-71)84-66)87-68-63(81)60(78)65(55(49-72)85-68)86-67-61(79)58(76)57(75)53(47-70)83-67/h6,8,12,14,33,35-37,43,45,51-55,57-68,70-73,75-81H,3-5,7,9-11,13,15-32,34,38-42,44,46-50H2,1-2H3,(H,69,74)/b8-6-,14-12-,36-33-,37-35+,45-43+. The molecule has 17 unspecified atom stereocenters. The molecule has 0 bridgehead atoms. The van der Waals surface area contributed by atoms with Crippen molar-refractivity contribution in [1.82, 2.24) is 5.32 Å². The second-order valence-electron chi connectivity index (χ2n) is 24.2. The molecule has 0 spiro atoms. The van der Waals surface area contributed by atoms with Gasteiger partial charge < -0.3 is 89.9 Å². The van der Waals surface area contributed by atoms with Crippen LogP contribution in [0.2, 0.25) is 0 Å². The predicted octanol–water partition coefficient (Wildman–Crippen LogP) is 8.38. The van der Waals surface area contributed by atoms with Crippen LogP contribution in [-0.4, -0.2) is 193 Å². The van der Waals surface area contributed by atoms with Crippen molar-refractivity contribution in [3.8, 4) is 0 Å². The normalized spacial score (nSPS) is 29.0. The number of carbonyl (C=O) groups is 1. The van der Waals surface area contributed by atoms with E-state index in [1.54, 1.807) is 6.08 Å². The molecule has 87 heavy (non-hydrogen) atoms. The number of unbranched alkanes of at least 4 members (excludes halogenated alkanes) is 27. The summed E-state index contributed by atoms with van der Waals surface area (Å²) in [5.41, 5.74) is 0. The number of rotatable bonds is 51. The number of aliphatic hydroxyl groups excluding tert-OH is 11. The number of aliphatic hydroxyl groups is 11. The van der Waals surface area contributed by atoms with Gasteiger partial charge >= 0.3 is 0 Å². The number of carbonyl (C=O) groups excluding carboxylic acids is 1. The van der Waals surface area contributed by atoms with Crippen molar-refractivity contribution in [1.29, 1.82) is 0 Å². The van der Waals surface area contributed by atoms with E-state index < -0.39 is 124 Å². The third-order valence-corrected chi connectivity index (χ3v) is 16.8. The highest BCUT2D eigenvalue weighted by molar-refractivity contribution is 5.76. The van der Waals surface area contributed by atoms with E-state index in [0.717, 1.165) is 57.8 Å². The molecule has 3 aliphatic rings. The molecule has 3 fully saturated rings. The van der Waals surface area contributed by atoms with Crippen LogP contribution < -0.4 is 5.32 Å². The average Bonchev–Trinajstić information content (AvgIpc) is 2.79. The van der Waals surface area contributed by atoms with Gasteiger partial charge in [-0.25, -0.2) is 0 Å². The lowest BCUT2D eigenvalue weighted by molar-refractivity contribution is -0.379. The van der Waals surface area contributed by atoms with Gasteiger partial charge in [-0.2, -0.15) is 0 Å². The van der Waals surface area contributed by atoms with Gasteiger partial charge in [0.05, 0.1) is 38.6 Å². The second-order valence-corrected chi connectivity index (χ2v) is 24.2. The van der Waals surface area contributed by atoms with E-state index in [1.807, 2.05) is 6.08 Å². The molecule has 0 saturated carbocycles. The van der Waals surface area contributed by atoms with Gasteiger partial charge in [-0.3, -0.25) is 4.79 Å². The third kappa shape index (κ3) is 32.6. The summed E-state index contributed by atoms with van der Waals surface area (Å²) in [6.07, 6.45) is 33.8. The van der Waals surface area contributed by atoms with Crippen molar-refractivity contribution >= 4 is 5.91 Å². The molecule has 17 atom stereocenters. The molecular weight excluding hydrogens is 1120 g/mol. The highest BCUT2D eigenvalue weighted by Gasteiger charge is 2.53. The fourth-order valence-electron chi connectivity index (χ4n) is 11.3. The Hall–Kier alpha value is -2.51. The van der Waals surface area contributed by atoms with E-state index in [-0.39, 0.29) is 18.9 Å². The van der Waals surface area contributed by atoms with Gasteiger partial charge in [0, 0.05) is 6.42 Å². The fourth-order valence-corrected chi connectivity index (χ4v) is 11.3. The Balaban J connectivity index is 1.42. The maximum absolute atomic E-state index is 13.3. The molecule has 12 N–H and O–H groups in total. The lowest BCUT2D eigenvalue weighted by Crippen LogP contribution is -2.66. The van der Waals surface area contributed by atoms with Crippen molar-refractivity contribution in [3.05, 3.63) is 60.8 Å². The molecule has 3 saturated heterocycles. The number of allylic oxidation sites excluding steroid dienone is 9. The van der Waals surface area contributed by atoms with Crippen molar-refractivity contribution < 1.29 is 89.4 Å². The summed E-state index contributed by atoms with van der Waals surface area (Å²) in [5.74, 6) is -0.315. The first kappa shape index (κ1) is 78.7. The van der Waals surface area contributed by atoms with Crippen molar-refractivity contribution in [2.75, 3.05) is 26.4 Å². The summed E-state index contributed by atoms with van der Waals surface area (Å²) in [6.45, 7) is 1.57. The summed E-state index contributed by atoms with van der Waals surface area (Å²) < 4.78 is 34.2. The first-order valence-electron chi connectivity index (χ1n) is 34.0. The number of nitrogens with one attached hydrogen (secondary N) is 1. The van der Waals surface area contributed by atoms with Crippen molar-refractivity contribution in [2.45, 2.75) is 336 Å². The van der Waals surface area contributed by atoms with Gasteiger partial charge in [0.2, 0.25) is 5.91 Å². The summed E-state index contributed by atoms with van der Waals surface area (Å²) >= 11 is 0. The Morgan fingerprint density at radius 2 is 0.805 bits per heavy atom. The summed E-state index contributed by atoms with van der Waals surface area (Å²) in [7, 11) is 0. The van der Waals surface area contributed by atoms with Crippen molar-refractivity contribution in [3.63, 3.8) is 0 Å². The number of hydrogen-bond acceptors (Lipinski definition) is 18. The topological polar surface area (TPSA) is 307 Å². The first-order chi connectivity index (χ1) is 42.3. The lowest BCUT2D eigenvalue weighted by Gasteiger charge is -2.48. The first-order valence-corrected chi connectivity index (χ1v) is 34.0. The van der Waals surface area contributed by atoms with Gasteiger partial charge in [-0.15, -0.1) is 0 Å². The van der Waals surface area contributed by atoms with Crippen LogP contribution in [0.4, 0.5) is 0 Å². The molecule has 0 aliphatic carbocycles. The minimum Gasteiger partial charge on any atom is -0.394 e. The van der Waals surface area contributed by atoms with Gasteiger partial charge in [-0.1, -0.05) is 222 Å². The van der Waals surface area contributed by atoms with Crippen LogP contribution in [0.15, 0.2) is 60.8 Å². The number of hydrogen-bond donors (Lipinski definition) is 12. The molecule has 3 aliphatic heterocycles. The van der Waals surface area contributed by atoms with Crippen LogP contribution in [-0.2, 0) is 33.2 Å². The van der Waals surface area contributed by atoms with Crippen LogP contribution in [0.1, 0.15) is 232 Å². The highest BCUT2D eigenvalue weighted by atomic mass is 16.8. The van der Waals surface area contributed by atoms with E-state index in [9.17, 15) is 61.0 Å². The molecule has 3 rings (SSSR count). The zero-order valence-corrected chi connectivity index (χ0v) is 53.2. The molecule has 3 heterocycles. The average molecular weight is 1240 g/mol. The Kier molecular flexibility index (Phi) is 45.3. The van der Waals surface area contributed by atoms with Crippen LogP contribution >= 0.6 is 0 Å².